The maximum Gasteiger partial charge on any atom is 0.227 e. The fraction of sp³-hybridized carbons (Fsp3) is 0.667. The van der Waals surface area contributed by atoms with Crippen LogP contribution < -0.4 is 0 Å². The molecule has 0 aliphatic carbocycles. The van der Waals surface area contributed by atoms with Crippen molar-refractivity contribution in [2.75, 3.05) is 0 Å². The van der Waals surface area contributed by atoms with Gasteiger partial charge in [-0.2, -0.15) is 0 Å². The van der Waals surface area contributed by atoms with Crippen LogP contribution in [0.2, 0.25) is 0 Å². The summed E-state index contributed by atoms with van der Waals surface area (Å²) in [5.41, 5.74) is 15.6. The van der Waals surface area contributed by atoms with E-state index in [1.54, 1.807) is 0 Å². The Bertz CT molecular complexity index is 221. The first-order valence-electron chi connectivity index (χ1n) is 2.35. The summed E-state index contributed by atoms with van der Waals surface area (Å²) in [5, 5.41) is 5.73. The van der Waals surface area contributed by atoms with Crippen molar-refractivity contribution in [2.45, 2.75) is 13.0 Å². The highest BCUT2D eigenvalue weighted by molar-refractivity contribution is 5.82. The van der Waals surface area contributed by atoms with Gasteiger partial charge in [0.2, 0.25) is 5.91 Å². The van der Waals surface area contributed by atoms with Gasteiger partial charge in [0.1, 0.15) is 0 Å². The molecular formula is C3H4N6O. The topological polar surface area (TPSA) is 115 Å². The number of rotatable bonds is 2. The number of azide groups is 2. The number of nitrogens with zero attached hydrogens (tertiary/aromatic N) is 6. The van der Waals surface area contributed by atoms with Crippen molar-refractivity contribution in [3.05, 3.63) is 20.9 Å². The lowest BCUT2D eigenvalue weighted by atomic mass is 10.3. The van der Waals surface area contributed by atoms with Gasteiger partial charge in [0.05, 0.1) is 6.04 Å². The van der Waals surface area contributed by atoms with Gasteiger partial charge in [0, 0.05) is 9.82 Å². The third-order valence-electron chi connectivity index (χ3n) is 0.726. The first-order valence-corrected chi connectivity index (χ1v) is 2.35. The van der Waals surface area contributed by atoms with E-state index in [1.165, 1.54) is 6.92 Å². The zero-order chi connectivity index (χ0) is 7.98. The SMILES string of the molecule is CC(N=[N+]=[N-])C(=O)N=[N+]=[N-]. The number of carbonyl (C=O) groups is 1. The van der Waals surface area contributed by atoms with Crippen molar-refractivity contribution in [2.24, 2.45) is 10.2 Å². The summed E-state index contributed by atoms with van der Waals surface area (Å²) in [6.07, 6.45) is 0. The molecule has 0 spiro atoms. The van der Waals surface area contributed by atoms with Crippen LogP contribution in [-0.4, -0.2) is 11.9 Å². The third-order valence-corrected chi connectivity index (χ3v) is 0.726. The Hall–Kier alpha value is -1.71. The molecule has 0 rings (SSSR count). The van der Waals surface area contributed by atoms with Crippen LogP contribution in [0.3, 0.4) is 0 Å². The fourth-order valence-corrected chi connectivity index (χ4v) is 0.254. The summed E-state index contributed by atoms with van der Waals surface area (Å²) in [4.78, 5) is 15.0. The average molecular weight is 140 g/mol. The lowest BCUT2D eigenvalue weighted by molar-refractivity contribution is -0.118. The van der Waals surface area contributed by atoms with Crippen molar-refractivity contribution in [1.29, 1.82) is 0 Å². The Labute approximate surface area is 55.9 Å². The van der Waals surface area contributed by atoms with E-state index in [0.29, 0.717) is 0 Å². The minimum absolute atomic E-state index is 0.777. The average Bonchev–Trinajstić information content (AvgIpc) is 1.89. The normalized spacial score (nSPS) is 10.5. The van der Waals surface area contributed by atoms with Crippen molar-refractivity contribution in [3.63, 3.8) is 0 Å². The van der Waals surface area contributed by atoms with E-state index in [1.807, 2.05) is 0 Å². The summed E-state index contributed by atoms with van der Waals surface area (Å²) < 4.78 is 0. The van der Waals surface area contributed by atoms with E-state index in [0.717, 1.165) is 0 Å². The van der Waals surface area contributed by atoms with Gasteiger partial charge in [0.15, 0.2) is 0 Å². The number of hydrogen-bond acceptors (Lipinski definition) is 2. The third kappa shape index (κ3) is 2.56. The molecule has 1 amide bonds. The van der Waals surface area contributed by atoms with Gasteiger partial charge < -0.3 is 0 Å². The zero-order valence-corrected chi connectivity index (χ0v) is 5.17. The summed E-state index contributed by atoms with van der Waals surface area (Å²) in [6.45, 7) is 1.34. The van der Waals surface area contributed by atoms with Crippen LogP contribution in [-0.2, 0) is 4.79 Å². The predicted octanol–water partition coefficient (Wildman–Crippen LogP) is 1.52. The van der Waals surface area contributed by atoms with Crippen LogP contribution in [0.5, 0.6) is 0 Å². The number of carbonyl (C=O) groups excluding carboxylic acids is 1. The largest absolute Gasteiger partial charge is 0.292 e. The molecule has 0 N–H and O–H groups in total. The maximum absolute atomic E-state index is 10.4. The van der Waals surface area contributed by atoms with Gasteiger partial charge in [-0.3, -0.25) is 4.79 Å². The minimum atomic E-state index is -0.916. The standard InChI is InChI=1S/C3H4N6O/c1-2(6-8-4)3(10)7-9-5/h2H,1H3. The molecule has 7 nitrogen and oxygen atoms in total. The first-order chi connectivity index (χ1) is 4.72. The Morgan fingerprint density at radius 3 is 2.50 bits per heavy atom. The highest BCUT2D eigenvalue weighted by atomic mass is 16.2. The molecule has 0 aromatic heterocycles. The molecule has 0 aliphatic rings. The van der Waals surface area contributed by atoms with E-state index in [2.05, 4.69) is 20.1 Å². The van der Waals surface area contributed by atoms with Crippen LogP contribution in [0.25, 0.3) is 20.9 Å². The van der Waals surface area contributed by atoms with E-state index in [9.17, 15) is 4.79 Å². The van der Waals surface area contributed by atoms with E-state index in [-0.39, 0.29) is 0 Å². The van der Waals surface area contributed by atoms with Gasteiger partial charge in [-0.15, -0.1) is 0 Å². The molecule has 1 unspecified atom stereocenters. The smallest absolute Gasteiger partial charge is 0.227 e. The highest BCUT2D eigenvalue weighted by Crippen LogP contribution is 1.92. The molecule has 0 saturated carbocycles. The van der Waals surface area contributed by atoms with Crippen molar-refractivity contribution in [3.8, 4) is 0 Å². The molecule has 0 aliphatic heterocycles. The second-order valence-electron chi connectivity index (χ2n) is 1.41. The quantitative estimate of drug-likeness (QED) is 0.323. The predicted molar refractivity (Wildman–Crippen MR) is 32.8 cm³/mol. The molecule has 1 atom stereocenters. The maximum atomic E-state index is 10.4. The lowest BCUT2D eigenvalue weighted by Crippen LogP contribution is -2.09. The van der Waals surface area contributed by atoms with Gasteiger partial charge in [0.25, 0.3) is 0 Å². The van der Waals surface area contributed by atoms with E-state index >= 15 is 0 Å². The molecule has 0 bridgehead atoms. The minimum Gasteiger partial charge on any atom is -0.292 e. The molecule has 10 heavy (non-hydrogen) atoms. The van der Waals surface area contributed by atoms with Crippen LogP contribution in [0.4, 0.5) is 0 Å². The van der Waals surface area contributed by atoms with Gasteiger partial charge in [-0.1, -0.05) is 5.11 Å². The summed E-state index contributed by atoms with van der Waals surface area (Å²) in [5.74, 6) is -0.777. The molecule has 52 valence electrons. The highest BCUT2D eigenvalue weighted by Gasteiger charge is 2.06. The van der Waals surface area contributed by atoms with Crippen molar-refractivity contribution >= 4 is 5.91 Å². The Morgan fingerprint density at radius 1 is 1.50 bits per heavy atom. The van der Waals surface area contributed by atoms with Crippen molar-refractivity contribution in [1.82, 2.24) is 0 Å². The van der Waals surface area contributed by atoms with Crippen LogP contribution in [0.15, 0.2) is 10.2 Å². The molecule has 0 radical (unpaired) electrons. The van der Waals surface area contributed by atoms with E-state index < -0.39 is 11.9 Å². The Morgan fingerprint density at radius 2 is 2.10 bits per heavy atom. The number of amides is 1. The van der Waals surface area contributed by atoms with Crippen LogP contribution >= 0.6 is 0 Å². The fourth-order valence-electron chi connectivity index (χ4n) is 0.254. The Kier molecular flexibility index (Phi) is 3.48. The van der Waals surface area contributed by atoms with Gasteiger partial charge in [-0.05, 0) is 23.1 Å². The first kappa shape index (κ1) is 8.29. The molecule has 0 saturated heterocycles. The lowest BCUT2D eigenvalue weighted by Gasteiger charge is -1.92. The summed E-state index contributed by atoms with van der Waals surface area (Å²) in [6, 6.07) is -0.916. The number of hydrogen-bond donors (Lipinski definition) is 0. The van der Waals surface area contributed by atoms with E-state index in [4.69, 9.17) is 11.1 Å². The molecule has 0 fully saturated rings. The van der Waals surface area contributed by atoms with Crippen LogP contribution in [0.1, 0.15) is 6.92 Å². The zero-order valence-electron chi connectivity index (χ0n) is 5.17. The second kappa shape index (κ2) is 4.20. The molecular weight excluding hydrogens is 136 g/mol. The van der Waals surface area contributed by atoms with Gasteiger partial charge >= 0.3 is 0 Å². The van der Waals surface area contributed by atoms with Crippen LogP contribution in [0, 0.1) is 0 Å². The van der Waals surface area contributed by atoms with Gasteiger partial charge in [-0.25, -0.2) is 0 Å². The monoisotopic (exact) mass is 140 g/mol. The summed E-state index contributed by atoms with van der Waals surface area (Å²) >= 11 is 0. The molecule has 0 aromatic carbocycles. The second-order valence-corrected chi connectivity index (χ2v) is 1.41. The van der Waals surface area contributed by atoms with Crippen molar-refractivity contribution < 1.29 is 4.79 Å². The molecule has 0 heterocycles. The molecule has 7 heteroatoms. The Balaban J connectivity index is 4.20. The molecule has 0 aromatic rings. The summed E-state index contributed by atoms with van der Waals surface area (Å²) in [7, 11) is 0.